The molecule has 1 aromatic heterocycles. The average molecular weight is 690 g/mol. The summed E-state index contributed by atoms with van der Waals surface area (Å²) in [4.78, 5) is 10.6. The van der Waals surface area contributed by atoms with Gasteiger partial charge in [-0.25, -0.2) is 9.97 Å². The smallest absolute Gasteiger partial charge is 0.160 e. The lowest BCUT2D eigenvalue weighted by Crippen LogP contribution is -2.40. The van der Waals surface area contributed by atoms with Crippen molar-refractivity contribution in [3.8, 4) is 62.2 Å². The van der Waals surface area contributed by atoms with Gasteiger partial charge in [-0.1, -0.05) is 166 Å². The lowest BCUT2D eigenvalue weighted by molar-refractivity contribution is 0.563. The van der Waals surface area contributed by atoms with Crippen LogP contribution in [0.2, 0.25) is 0 Å². The van der Waals surface area contributed by atoms with E-state index in [-0.39, 0.29) is 5.41 Å². The topological polar surface area (TPSA) is 49.6 Å². The van der Waals surface area contributed by atoms with Crippen molar-refractivity contribution in [2.75, 3.05) is 0 Å². The van der Waals surface area contributed by atoms with Gasteiger partial charge in [0.1, 0.15) is 0 Å². The molecule has 1 spiro atoms. The summed E-state index contributed by atoms with van der Waals surface area (Å²) in [5.74, 6) is 0.691. The highest BCUT2D eigenvalue weighted by Gasteiger charge is 2.53. The number of nitriles is 1. The second-order valence-corrected chi connectivity index (χ2v) is 14.9. The van der Waals surface area contributed by atoms with Gasteiger partial charge in [-0.15, -0.1) is 0 Å². The number of benzene rings is 7. The van der Waals surface area contributed by atoms with Gasteiger partial charge < -0.3 is 0 Å². The standard InChI is InChI=1S/C51H35N3/c1-50(2)43-18-10-11-19-45(43)51(41-16-8-6-14-39(41)40-15-7-9-17-42(40)51)46-30-38(28-29-44(46)50)49-53-47(36-12-4-3-5-13-36)31-48(54-49)37-26-24-35(25-27-37)34-22-20-33(32-52)21-23-34/h3-31H,1-2H3. The number of hydrogen-bond donors (Lipinski definition) is 0. The Balaban J connectivity index is 1.19. The quantitative estimate of drug-likeness (QED) is 0.185. The molecule has 54 heavy (non-hydrogen) atoms. The number of rotatable bonds is 4. The molecule has 1 heterocycles. The summed E-state index contributed by atoms with van der Waals surface area (Å²) in [6, 6.07) is 64.7. The molecule has 0 amide bonds. The van der Waals surface area contributed by atoms with Gasteiger partial charge in [-0.2, -0.15) is 5.26 Å². The number of fused-ring (bicyclic) bond motifs is 9. The predicted molar refractivity (Wildman–Crippen MR) is 218 cm³/mol. The van der Waals surface area contributed by atoms with Gasteiger partial charge in [0.2, 0.25) is 0 Å². The molecule has 0 N–H and O–H groups in total. The molecule has 0 bridgehead atoms. The zero-order valence-electron chi connectivity index (χ0n) is 30.1. The van der Waals surface area contributed by atoms with Crippen molar-refractivity contribution in [1.82, 2.24) is 9.97 Å². The maximum absolute atomic E-state index is 9.26. The van der Waals surface area contributed by atoms with E-state index in [1.54, 1.807) is 0 Å². The van der Waals surface area contributed by atoms with E-state index in [1.165, 1.54) is 44.5 Å². The fourth-order valence-corrected chi connectivity index (χ4v) is 9.05. The molecule has 2 aliphatic rings. The van der Waals surface area contributed by atoms with Crippen LogP contribution in [0.25, 0.3) is 56.2 Å². The first-order valence-corrected chi connectivity index (χ1v) is 18.5. The normalized spacial score (nSPS) is 14.0. The van der Waals surface area contributed by atoms with Crippen LogP contribution in [-0.4, -0.2) is 9.97 Å². The van der Waals surface area contributed by atoms with Crippen LogP contribution >= 0.6 is 0 Å². The zero-order valence-corrected chi connectivity index (χ0v) is 30.1. The van der Waals surface area contributed by atoms with Crippen LogP contribution in [0.1, 0.15) is 52.8 Å². The molecule has 8 aromatic rings. The van der Waals surface area contributed by atoms with E-state index in [9.17, 15) is 5.26 Å². The SMILES string of the molecule is CC1(C)c2ccccc2C2(c3ccccc3-c3ccccc32)c2cc(-c3nc(-c4ccccc4)cc(-c4ccc(-c5ccc(C#N)cc5)cc4)n3)ccc21. The average Bonchev–Trinajstić information content (AvgIpc) is 3.54. The molecule has 0 aliphatic heterocycles. The molecule has 3 heteroatoms. The minimum Gasteiger partial charge on any atom is -0.228 e. The first-order valence-electron chi connectivity index (χ1n) is 18.5. The lowest BCUT2D eigenvalue weighted by atomic mass is 9.55. The summed E-state index contributed by atoms with van der Waals surface area (Å²) in [5, 5.41) is 9.26. The van der Waals surface area contributed by atoms with Crippen molar-refractivity contribution in [2.24, 2.45) is 0 Å². The monoisotopic (exact) mass is 689 g/mol. The largest absolute Gasteiger partial charge is 0.228 e. The number of hydrogen-bond acceptors (Lipinski definition) is 3. The third-order valence-corrected chi connectivity index (χ3v) is 11.6. The molecule has 254 valence electrons. The molecule has 0 fully saturated rings. The van der Waals surface area contributed by atoms with E-state index in [2.05, 4.69) is 166 Å². The van der Waals surface area contributed by atoms with Crippen LogP contribution in [0, 0.1) is 11.3 Å². The number of nitrogens with zero attached hydrogens (tertiary/aromatic N) is 3. The van der Waals surface area contributed by atoms with Crippen molar-refractivity contribution in [3.63, 3.8) is 0 Å². The number of aromatic nitrogens is 2. The Morgan fingerprint density at radius 3 is 1.48 bits per heavy atom. The third-order valence-electron chi connectivity index (χ3n) is 11.6. The highest BCUT2D eigenvalue weighted by Crippen LogP contribution is 2.62. The maximum Gasteiger partial charge on any atom is 0.160 e. The molecule has 0 radical (unpaired) electrons. The van der Waals surface area contributed by atoms with E-state index in [4.69, 9.17) is 9.97 Å². The highest BCUT2D eigenvalue weighted by molar-refractivity contribution is 5.89. The van der Waals surface area contributed by atoms with Crippen LogP contribution < -0.4 is 0 Å². The fourth-order valence-electron chi connectivity index (χ4n) is 9.05. The first-order chi connectivity index (χ1) is 26.5. The van der Waals surface area contributed by atoms with Crippen molar-refractivity contribution in [2.45, 2.75) is 24.7 Å². The van der Waals surface area contributed by atoms with Crippen molar-refractivity contribution < 1.29 is 0 Å². The van der Waals surface area contributed by atoms with Crippen molar-refractivity contribution >= 4 is 0 Å². The van der Waals surface area contributed by atoms with Crippen molar-refractivity contribution in [1.29, 1.82) is 5.26 Å². The Kier molecular flexibility index (Phi) is 7.12. The molecule has 0 atom stereocenters. The Morgan fingerprint density at radius 2 is 0.870 bits per heavy atom. The van der Waals surface area contributed by atoms with E-state index >= 15 is 0 Å². The summed E-state index contributed by atoms with van der Waals surface area (Å²) in [5.41, 5.74) is 17.3. The van der Waals surface area contributed by atoms with E-state index in [0.717, 1.165) is 39.2 Å². The molecule has 0 unspecified atom stereocenters. The minimum absolute atomic E-state index is 0.225. The Labute approximate surface area is 315 Å². The zero-order chi connectivity index (χ0) is 36.4. The summed E-state index contributed by atoms with van der Waals surface area (Å²) >= 11 is 0. The van der Waals surface area contributed by atoms with Crippen molar-refractivity contribution in [3.05, 3.63) is 215 Å². The van der Waals surface area contributed by atoms with Crippen LogP contribution in [0.5, 0.6) is 0 Å². The van der Waals surface area contributed by atoms with E-state index in [1.807, 2.05) is 30.3 Å². The molecule has 10 rings (SSSR count). The van der Waals surface area contributed by atoms with Crippen LogP contribution in [0.3, 0.4) is 0 Å². The fraction of sp³-hybridized carbons (Fsp3) is 0.0784. The molecular formula is C51H35N3. The van der Waals surface area contributed by atoms with Gasteiger partial charge in [0, 0.05) is 22.1 Å². The maximum atomic E-state index is 9.26. The highest BCUT2D eigenvalue weighted by atomic mass is 14.9. The van der Waals surface area contributed by atoms with Gasteiger partial charge >= 0.3 is 0 Å². The van der Waals surface area contributed by atoms with Gasteiger partial charge in [0.05, 0.1) is 28.4 Å². The Bertz CT molecular complexity index is 2740. The van der Waals surface area contributed by atoms with Gasteiger partial charge in [-0.3, -0.25) is 0 Å². The molecule has 2 aliphatic carbocycles. The van der Waals surface area contributed by atoms with Gasteiger partial charge in [-0.05, 0) is 79.9 Å². The lowest BCUT2D eigenvalue weighted by Gasteiger charge is -2.46. The molecule has 7 aromatic carbocycles. The summed E-state index contributed by atoms with van der Waals surface area (Å²) in [6.45, 7) is 4.71. The van der Waals surface area contributed by atoms with Gasteiger partial charge in [0.25, 0.3) is 0 Å². The van der Waals surface area contributed by atoms with E-state index < -0.39 is 5.41 Å². The summed E-state index contributed by atoms with van der Waals surface area (Å²) < 4.78 is 0. The van der Waals surface area contributed by atoms with E-state index in [0.29, 0.717) is 11.4 Å². The first kappa shape index (κ1) is 31.8. The molecular weight excluding hydrogens is 655 g/mol. The Hall–Kier alpha value is -6.89. The predicted octanol–water partition coefficient (Wildman–Crippen LogP) is 12.0. The van der Waals surface area contributed by atoms with Crippen LogP contribution in [0.4, 0.5) is 0 Å². The molecule has 0 saturated carbocycles. The summed E-state index contributed by atoms with van der Waals surface area (Å²) in [6.07, 6.45) is 0. The minimum atomic E-state index is -0.494. The molecule has 3 nitrogen and oxygen atoms in total. The summed E-state index contributed by atoms with van der Waals surface area (Å²) in [7, 11) is 0. The third kappa shape index (κ3) is 4.67. The van der Waals surface area contributed by atoms with Crippen LogP contribution in [0.15, 0.2) is 176 Å². The van der Waals surface area contributed by atoms with Gasteiger partial charge in [0.15, 0.2) is 5.82 Å². The Morgan fingerprint density at radius 1 is 0.407 bits per heavy atom. The second-order valence-electron chi connectivity index (χ2n) is 14.9. The van der Waals surface area contributed by atoms with Crippen LogP contribution in [-0.2, 0) is 10.8 Å². The second kappa shape index (κ2) is 12.1. The molecule has 0 saturated heterocycles.